The first-order chi connectivity index (χ1) is 24.3. The molecule has 0 aliphatic rings. The molecule has 0 unspecified atom stereocenters. The molecule has 2 aromatic heterocycles. The Morgan fingerprint density at radius 1 is 0.388 bits per heavy atom. The van der Waals surface area contributed by atoms with Crippen LogP contribution in [0, 0.1) is 0 Å². The zero-order valence-electron chi connectivity index (χ0n) is 26.5. The number of thiophene rings is 1. The van der Waals surface area contributed by atoms with Crippen molar-refractivity contribution in [1.29, 1.82) is 0 Å². The number of furan rings is 1. The summed E-state index contributed by atoms with van der Waals surface area (Å²) in [6.07, 6.45) is 0. The highest BCUT2D eigenvalue weighted by molar-refractivity contribution is 7.25. The highest BCUT2D eigenvalue weighted by Gasteiger charge is 2.18. The Kier molecular flexibility index (Phi) is 6.39. The van der Waals surface area contributed by atoms with Gasteiger partial charge in [-0.15, -0.1) is 11.3 Å². The van der Waals surface area contributed by atoms with E-state index in [9.17, 15) is 0 Å². The van der Waals surface area contributed by atoms with Gasteiger partial charge in [-0.1, -0.05) is 109 Å². The fraction of sp³-hybridized carbons (Fsp3) is 0. The van der Waals surface area contributed by atoms with Crippen molar-refractivity contribution in [2.24, 2.45) is 0 Å². The zero-order valence-corrected chi connectivity index (χ0v) is 27.3. The molecule has 0 aliphatic heterocycles. The van der Waals surface area contributed by atoms with Crippen LogP contribution < -0.4 is 4.90 Å². The van der Waals surface area contributed by atoms with Gasteiger partial charge in [0.1, 0.15) is 11.2 Å². The Labute approximate surface area is 287 Å². The molecule has 49 heavy (non-hydrogen) atoms. The fourth-order valence-electron chi connectivity index (χ4n) is 7.30. The first-order valence-corrected chi connectivity index (χ1v) is 17.4. The van der Waals surface area contributed by atoms with Crippen LogP contribution in [0.3, 0.4) is 0 Å². The number of fused-ring (bicyclic) bond motifs is 7. The number of benzene rings is 8. The molecule has 0 bridgehead atoms. The van der Waals surface area contributed by atoms with E-state index in [0.717, 1.165) is 50.1 Å². The molecule has 0 amide bonds. The molecule has 8 aromatic carbocycles. The minimum absolute atomic E-state index is 0.903. The summed E-state index contributed by atoms with van der Waals surface area (Å²) in [4.78, 5) is 2.38. The molecule has 0 spiro atoms. The first-order valence-electron chi connectivity index (χ1n) is 16.6. The van der Waals surface area contributed by atoms with Crippen LogP contribution in [-0.2, 0) is 0 Å². The summed E-state index contributed by atoms with van der Waals surface area (Å²) in [7, 11) is 0. The van der Waals surface area contributed by atoms with Gasteiger partial charge in [0.15, 0.2) is 0 Å². The molecule has 0 saturated heterocycles. The van der Waals surface area contributed by atoms with Crippen molar-refractivity contribution in [1.82, 2.24) is 0 Å². The van der Waals surface area contributed by atoms with Crippen molar-refractivity contribution < 1.29 is 4.42 Å². The third-order valence-corrected chi connectivity index (χ3v) is 10.8. The molecule has 230 valence electrons. The third-order valence-electron chi connectivity index (χ3n) is 9.64. The minimum atomic E-state index is 0.903. The van der Waals surface area contributed by atoms with Crippen LogP contribution >= 0.6 is 11.3 Å². The molecule has 0 fully saturated rings. The quantitative estimate of drug-likeness (QED) is 0.186. The Balaban J connectivity index is 1.14. The Morgan fingerprint density at radius 2 is 1.08 bits per heavy atom. The normalized spacial score (nSPS) is 11.7. The molecular formula is C46H29NOS. The van der Waals surface area contributed by atoms with Crippen LogP contribution in [0.25, 0.3) is 75.1 Å². The predicted molar refractivity (Wildman–Crippen MR) is 210 cm³/mol. The van der Waals surface area contributed by atoms with Crippen molar-refractivity contribution in [3.05, 3.63) is 176 Å². The Bertz CT molecular complexity index is 2840. The molecule has 10 aromatic rings. The second kappa shape index (κ2) is 11.2. The lowest BCUT2D eigenvalue weighted by Gasteiger charge is -2.26. The monoisotopic (exact) mass is 643 g/mol. The maximum atomic E-state index is 6.26. The molecule has 0 aliphatic carbocycles. The molecule has 10 rings (SSSR count). The lowest BCUT2D eigenvalue weighted by molar-refractivity contribution is 0.669. The van der Waals surface area contributed by atoms with Crippen LogP contribution in [0.5, 0.6) is 0 Å². The summed E-state index contributed by atoms with van der Waals surface area (Å²) in [5.41, 5.74) is 9.85. The van der Waals surface area contributed by atoms with Gasteiger partial charge >= 0.3 is 0 Å². The standard InChI is InChI=1S/C46H29NOS/c1-2-10-32-27-33(20-19-30(32)9-1)31-21-23-35(24-22-31)47(37-25-26-45-41(29-37)39-13-4-6-18-44(39)49-45)36-12-7-11-34(28-36)38-15-8-17-43-46(38)40-14-3-5-16-42(40)48-43/h1-29H. The highest BCUT2D eigenvalue weighted by Crippen LogP contribution is 2.43. The van der Waals surface area contributed by atoms with Crippen molar-refractivity contribution in [2.45, 2.75) is 0 Å². The SMILES string of the molecule is c1cc(-c2cccc3oc4ccccc4c23)cc(N(c2ccc(-c3ccc4ccccc4c3)cc2)c2ccc3sc4ccccc4c3c2)c1. The highest BCUT2D eigenvalue weighted by atomic mass is 32.1. The summed E-state index contributed by atoms with van der Waals surface area (Å²) < 4.78 is 8.87. The maximum Gasteiger partial charge on any atom is 0.136 e. The number of hydrogen-bond acceptors (Lipinski definition) is 3. The van der Waals surface area contributed by atoms with E-state index in [-0.39, 0.29) is 0 Å². The summed E-state index contributed by atoms with van der Waals surface area (Å²) in [5, 5.41) is 7.36. The van der Waals surface area contributed by atoms with E-state index in [0.29, 0.717) is 0 Å². The van der Waals surface area contributed by atoms with E-state index in [1.165, 1.54) is 42.1 Å². The summed E-state index contributed by atoms with van der Waals surface area (Å²) >= 11 is 1.85. The van der Waals surface area contributed by atoms with Crippen molar-refractivity contribution >= 4 is 81.3 Å². The molecule has 0 N–H and O–H groups in total. The predicted octanol–water partition coefficient (Wildman–Crippen LogP) is 13.9. The molecule has 0 radical (unpaired) electrons. The third kappa shape index (κ3) is 4.70. The van der Waals surface area contributed by atoms with Gasteiger partial charge in [-0.05, 0) is 99.8 Å². The van der Waals surface area contributed by atoms with Gasteiger partial charge in [-0.2, -0.15) is 0 Å². The minimum Gasteiger partial charge on any atom is -0.456 e. The summed E-state index contributed by atoms with van der Waals surface area (Å²) in [6.45, 7) is 0. The van der Waals surface area contributed by atoms with Gasteiger partial charge in [0.2, 0.25) is 0 Å². The van der Waals surface area contributed by atoms with Crippen molar-refractivity contribution in [3.8, 4) is 22.3 Å². The van der Waals surface area contributed by atoms with Crippen LogP contribution in [-0.4, -0.2) is 0 Å². The fourth-order valence-corrected chi connectivity index (χ4v) is 8.39. The Morgan fingerprint density at radius 3 is 2.00 bits per heavy atom. The maximum absolute atomic E-state index is 6.26. The van der Waals surface area contributed by atoms with Gasteiger partial charge in [0.05, 0.1) is 0 Å². The number of anilines is 3. The van der Waals surface area contributed by atoms with E-state index < -0.39 is 0 Å². The first kappa shape index (κ1) is 27.9. The van der Waals surface area contributed by atoms with Gasteiger partial charge in [-0.25, -0.2) is 0 Å². The van der Waals surface area contributed by atoms with Crippen LogP contribution in [0.4, 0.5) is 17.1 Å². The number of nitrogens with zero attached hydrogens (tertiary/aromatic N) is 1. The molecular weight excluding hydrogens is 615 g/mol. The number of rotatable bonds is 5. The van der Waals surface area contributed by atoms with Crippen LogP contribution in [0.1, 0.15) is 0 Å². The summed E-state index contributed by atoms with van der Waals surface area (Å²) in [6, 6.07) is 63.4. The van der Waals surface area contributed by atoms with Crippen molar-refractivity contribution in [3.63, 3.8) is 0 Å². The topological polar surface area (TPSA) is 16.4 Å². The molecule has 2 heterocycles. The molecule has 3 heteroatoms. The number of hydrogen-bond donors (Lipinski definition) is 0. The van der Waals surface area contributed by atoms with Gasteiger partial charge in [0, 0.05) is 48.0 Å². The van der Waals surface area contributed by atoms with Gasteiger partial charge < -0.3 is 9.32 Å². The zero-order chi connectivity index (χ0) is 32.3. The lowest BCUT2D eigenvalue weighted by Crippen LogP contribution is -2.10. The van der Waals surface area contributed by atoms with Gasteiger partial charge in [-0.3, -0.25) is 0 Å². The lowest BCUT2D eigenvalue weighted by atomic mass is 9.98. The average Bonchev–Trinajstić information content (AvgIpc) is 3.73. The molecule has 0 saturated carbocycles. The van der Waals surface area contributed by atoms with E-state index >= 15 is 0 Å². The number of para-hydroxylation sites is 1. The summed E-state index contributed by atoms with van der Waals surface area (Å²) in [5.74, 6) is 0. The van der Waals surface area contributed by atoms with E-state index in [4.69, 9.17) is 4.42 Å². The smallest absolute Gasteiger partial charge is 0.136 e. The second-order valence-corrected chi connectivity index (χ2v) is 13.6. The largest absolute Gasteiger partial charge is 0.456 e. The van der Waals surface area contributed by atoms with E-state index in [2.05, 4.69) is 169 Å². The van der Waals surface area contributed by atoms with E-state index in [1.807, 2.05) is 23.5 Å². The van der Waals surface area contributed by atoms with Crippen LogP contribution in [0.15, 0.2) is 180 Å². The Hall–Kier alpha value is -6.16. The molecule has 0 atom stereocenters. The van der Waals surface area contributed by atoms with Crippen molar-refractivity contribution in [2.75, 3.05) is 4.90 Å². The van der Waals surface area contributed by atoms with E-state index in [1.54, 1.807) is 0 Å². The van der Waals surface area contributed by atoms with Gasteiger partial charge in [0.25, 0.3) is 0 Å². The molecule has 2 nitrogen and oxygen atoms in total. The second-order valence-electron chi connectivity index (χ2n) is 12.6. The average molecular weight is 644 g/mol. The van der Waals surface area contributed by atoms with Crippen LogP contribution in [0.2, 0.25) is 0 Å².